The van der Waals surface area contributed by atoms with Gasteiger partial charge in [-0.25, -0.2) is 9.97 Å². The minimum atomic E-state index is -1.75. The van der Waals surface area contributed by atoms with Crippen LogP contribution in [0.3, 0.4) is 0 Å². The van der Waals surface area contributed by atoms with E-state index in [-0.39, 0.29) is 11.6 Å². The second-order valence-corrected chi connectivity index (χ2v) is 7.62. The Labute approximate surface area is 159 Å². The zero-order valence-electron chi connectivity index (χ0n) is 13.0. The normalized spacial score (nSPS) is 12.0. The van der Waals surface area contributed by atoms with Crippen LogP contribution in [0.15, 0.2) is 47.6 Å². The third-order valence-corrected chi connectivity index (χ3v) is 3.92. The van der Waals surface area contributed by atoms with E-state index in [0.29, 0.717) is 16.9 Å². The Morgan fingerprint density at radius 1 is 1.12 bits per heavy atom. The molecule has 5 nitrogen and oxygen atoms in total. The predicted molar refractivity (Wildman–Crippen MR) is 103 cm³/mol. The lowest BCUT2D eigenvalue weighted by Crippen LogP contribution is -2.09. The van der Waals surface area contributed by atoms with Crippen molar-refractivity contribution in [3.05, 3.63) is 59.4 Å². The molecule has 3 aromatic rings. The molecule has 0 aliphatic carbocycles. The first kappa shape index (κ1) is 17.7. The van der Waals surface area contributed by atoms with E-state index in [1.54, 1.807) is 24.3 Å². The average Bonchev–Trinajstić information content (AvgIpc) is 2.55. The van der Waals surface area contributed by atoms with Crippen LogP contribution < -0.4 is 5.43 Å². The highest BCUT2D eigenvalue weighted by molar-refractivity contribution is 6.66. The van der Waals surface area contributed by atoms with Crippen LogP contribution in [0, 0.1) is 6.92 Å². The number of alkyl halides is 3. The molecule has 0 atom stereocenters. The van der Waals surface area contributed by atoms with Crippen molar-refractivity contribution in [1.29, 1.82) is 0 Å². The zero-order chi connectivity index (χ0) is 18.0. The quantitative estimate of drug-likeness (QED) is 0.375. The number of hydrogen-bond acceptors (Lipinski definition) is 5. The molecule has 128 valence electrons. The first-order valence-corrected chi connectivity index (χ1v) is 8.40. The van der Waals surface area contributed by atoms with E-state index in [0.717, 1.165) is 10.9 Å². The first-order chi connectivity index (χ1) is 11.8. The first-order valence-electron chi connectivity index (χ1n) is 7.27. The van der Waals surface area contributed by atoms with Gasteiger partial charge in [0.25, 0.3) is 0 Å². The number of hydrogen-bond donors (Lipinski definition) is 2. The summed E-state index contributed by atoms with van der Waals surface area (Å²) < 4.78 is -1.75. The summed E-state index contributed by atoms with van der Waals surface area (Å²) >= 11 is 17.8. The maximum atomic E-state index is 9.77. The zero-order valence-corrected chi connectivity index (χ0v) is 15.3. The fourth-order valence-electron chi connectivity index (χ4n) is 2.21. The molecule has 1 aromatic heterocycles. The molecule has 1 heterocycles. The number of benzene rings is 2. The molecule has 0 radical (unpaired) electrons. The average molecular weight is 396 g/mol. The number of aromatic nitrogens is 2. The second-order valence-electron chi connectivity index (χ2n) is 5.34. The number of phenols is 1. The van der Waals surface area contributed by atoms with Crippen LogP contribution in [0.4, 0.5) is 5.82 Å². The van der Waals surface area contributed by atoms with Gasteiger partial charge in [0.15, 0.2) is 11.6 Å². The molecule has 0 bridgehead atoms. The number of nitrogens with zero attached hydrogens (tertiary/aromatic N) is 3. The van der Waals surface area contributed by atoms with Crippen molar-refractivity contribution < 1.29 is 5.11 Å². The van der Waals surface area contributed by atoms with Crippen molar-refractivity contribution in [2.45, 2.75) is 10.7 Å². The lowest BCUT2D eigenvalue weighted by atomic mass is 10.1. The molecule has 3 rings (SSSR count). The van der Waals surface area contributed by atoms with Crippen LogP contribution >= 0.6 is 34.8 Å². The fraction of sp³-hybridized carbons (Fsp3) is 0.118. The van der Waals surface area contributed by atoms with Gasteiger partial charge in [0, 0.05) is 10.9 Å². The number of para-hydroxylation sites is 1. The van der Waals surface area contributed by atoms with E-state index < -0.39 is 3.79 Å². The molecule has 25 heavy (non-hydrogen) atoms. The maximum absolute atomic E-state index is 9.77. The maximum Gasteiger partial charge on any atom is 0.250 e. The number of hydrazone groups is 1. The van der Waals surface area contributed by atoms with Crippen LogP contribution in [0.25, 0.3) is 10.9 Å². The van der Waals surface area contributed by atoms with Crippen LogP contribution in [0.5, 0.6) is 5.75 Å². The second kappa shape index (κ2) is 7.04. The molecule has 8 heteroatoms. The SMILES string of the molecule is Cc1ccc2nc(C(Cl)(Cl)Cl)nc(N/N=C/c3ccccc3O)c2c1. The van der Waals surface area contributed by atoms with Gasteiger partial charge in [-0.05, 0) is 31.2 Å². The van der Waals surface area contributed by atoms with E-state index in [2.05, 4.69) is 20.5 Å². The monoisotopic (exact) mass is 394 g/mol. The van der Waals surface area contributed by atoms with Gasteiger partial charge >= 0.3 is 0 Å². The minimum Gasteiger partial charge on any atom is -0.507 e. The molecule has 0 spiro atoms. The Bertz CT molecular complexity index is 954. The van der Waals surface area contributed by atoms with Gasteiger partial charge in [-0.2, -0.15) is 5.10 Å². The Balaban J connectivity index is 2.01. The van der Waals surface area contributed by atoms with Gasteiger partial charge in [-0.15, -0.1) is 0 Å². The van der Waals surface area contributed by atoms with Crippen LogP contribution in [0.1, 0.15) is 17.0 Å². The Morgan fingerprint density at radius 3 is 2.60 bits per heavy atom. The van der Waals surface area contributed by atoms with E-state index in [4.69, 9.17) is 34.8 Å². The van der Waals surface area contributed by atoms with Crippen molar-refractivity contribution in [2.24, 2.45) is 5.10 Å². The standard InChI is InChI=1S/C17H13Cl3N4O/c1-10-6-7-13-12(8-10)15(23-16(22-13)17(18,19)20)24-21-9-11-4-2-3-5-14(11)25/h2-9,25H,1H3,(H,22,23,24)/b21-9+. The van der Waals surface area contributed by atoms with Gasteiger partial charge in [-0.1, -0.05) is 58.6 Å². The Morgan fingerprint density at radius 2 is 1.88 bits per heavy atom. The van der Waals surface area contributed by atoms with Gasteiger partial charge in [0.2, 0.25) is 3.79 Å². The summed E-state index contributed by atoms with van der Waals surface area (Å²) in [5.74, 6) is 0.578. The Hall–Kier alpha value is -2.08. The van der Waals surface area contributed by atoms with Crippen molar-refractivity contribution in [1.82, 2.24) is 9.97 Å². The molecular weight excluding hydrogens is 383 g/mol. The van der Waals surface area contributed by atoms with Crippen LogP contribution in [0.2, 0.25) is 0 Å². The van der Waals surface area contributed by atoms with E-state index in [1.165, 1.54) is 6.21 Å². The summed E-state index contributed by atoms with van der Waals surface area (Å²) in [6, 6.07) is 12.5. The molecule has 0 amide bonds. The van der Waals surface area contributed by atoms with E-state index in [9.17, 15) is 5.11 Å². The van der Waals surface area contributed by atoms with E-state index >= 15 is 0 Å². The molecular formula is C17H13Cl3N4O. The third kappa shape index (κ3) is 4.12. The number of aromatic hydroxyl groups is 1. The summed E-state index contributed by atoms with van der Waals surface area (Å²) in [5.41, 5.74) is 5.06. The highest BCUT2D eigenvalue weighted by Crippen LogP contribution is 2.37. The summed E-state index contributed by atoms with van der Waals surface area (Å²) in [4.78, 5) is 8.56. The van der Waals surface area contributed by atoms with E-state index in [1.807, 2.05) is 25.1 Å². The predicted octanol–water partition coefficient (Wildman–Crippen LogP) is 4.92. The Kier molecular flexibility index (Phi) is 4.99. The lowest BCUT2D eigenvalue weighted by molar-refractivity contribution is 0.474. The molecule has 0 aliphatic heterocycles. The minimum absolute atomic E-state index is 0.0501. The fourth-order valence-corrected chi connectivity index (χ4v) is 2.47. The van der Waals surface area contributed by atoms with Crippen molar-refractivity contribution in [3.8, 4) is 5.75 Å². The summed E-state index contributed by atoms with van der Waals surface area (Å²) in [6.45, 7) is 1.96. The van der Waals surface area contributed by atoms with Gasteiger partial charge in [0.1, 0.15) is 5.75 Å². The highest BCUT2D eigenvalue weighted by Gasteiger charge is 2.28. The number of aryl methyl sites for hydroxylation is 1. The molecule has 2 aromatic carbocycles. The largest absolute Gasteiger partial charge is 0.507 e. The lowest BCUT2D eigenvalue weighted by Gasteiger charge is -2.13. The molecule has 0 fully saturated rings. The molecule has 0 saturated heterocycles. The number of halogens is 3. The molecule has 0 unspecified atom stereocenters. The number of phenolic OH excluding ortho intramolecular Hbond substituents is 1. The number of rotatable bonds is 3. The van der Waals surface area contributed by atoms with Gasteiger partial charge in [-0.3, -0.25) is 5.43 Å². The van der Waals surface area contributed by atoms with Crippen molar-refractivity contribution in [3.63, 3.8) is 0 Å². The third-order valence-electron chi connectivity index (χ3n) is 3.42. The molecule has 0 saturated carbocycles. The van der Waals surface area contributed by atoms with Gasteiger partial charge in [0.05, 0.1) is 11.7 Å². The summed E-state index contributed by atoms with van der Waals surface area (Å²) in [6.07, 6.45) is 1.48. The number of fused-ring (bicyclic) bond motifs is 1. The van der Waals surface area contributed by atoms with Gasteiger partial charge < -0.3 is 5.11 Å². The number of anilines is 1. The number of nitrogens with one attached hydrogen (secondary N) is 1. The molecule has 2 N–H and O–H groups in total. The highest BCUT2D eigenvalue weighted by atomic mass is 35.6. The summed E-state index contributed by atoms with van der Waals surface area (Å²) in [7, 11) is 0. The topological polar surface area (TPSA) is 70.4 Å². The smallest absolute Gasteiger partial charge is 0.250 e. The van der Waals surface area contributed by atoms with Crippen molar-refractivity contribution in [2.75, 3.05) is 5.43 Å². The summed E-state index contributed by atoms with van der Waals surface area (Å²) in [5, 5.41) is 14.6. The van der Waals surface area contributed by atoms with Crippen LogP contribution in [-0.2, 0) is 3.79 Å². The van der Waals surface area contributed by atoms with Crippen molar-refractivity contribution >= 4 is 57.7 Å². The molecule has 0 aliphatic rings. The van der Waals surface area contributed by atoms with Crippen LogP contribution in [-0.4, -0.2) is 21.3 Å².